The first kappa shape index (κ1) is 19.6. The molecule has 1 aliphatic rings. The van der Waals surface area contributed by atoms with Crippen LogP contribution in [0.5, 0.6) is 5.75 Å². The van der Waals surface area contributed by atoms with E-state index in [9.17, 15) is 4.79 Å². The van der Waals surface area contributed by atoms with E-state index >= 15 is 0 Å². The van der Waals surface area contributed by atoms with Gasteiger partial charge in [0.1, 0.15) is 12.4 Å². The summed E-state index contributed by atoms with van der Waals surface area (Å²) in [7, 11) is 4.32. The zero-order chi connectivity index (χ0) is 21.4. The molecule has 0 fully saturated rings. The zero-order valence-electron chi connectivity index (χ0n) is 18.0. The van der Waals surface area contributed by atoms with Crippen molar-refractivity contribution in [1.82, 2.24) is 14.0 Å². The molecule has 5 rings (SSSR count). The number of aromatic nitrogens is 2. The molecule has 1 aliphatic heterocycles. The first-order chi connectivity index (χ1) is 15.1. The second-order valence-electron chi connectivity index (χ2n) is 8.37. The molecular weight excluding hydrogens is 386 g/mol. The van der Waals surface area contributed by atoms with Gasteiger partial charge in [-0.25, -0.2) is 0 Å². The smallest absolute Gasteiger partial charge is 0.258 e. The highest BCUT2D eigenvalue weighted by Gasteiger charge is 2.19. The predicted octanol–water partition coefficient (Wildman–Crippen LogP) is 4.29. The Hall–Kier alpha value is -3.31. The molecule has 4 aromatic rings. The lowest BCUT2D eigenvalue weighted by atomic mass is 10.1. The number of ether oxygens (including phenoxy) is 1. The molecule has 0 N–H and O–H groups in total. The van der Waals surface area contributed by atoms with Gasteiger partial charge in [0, 0.05) is 36.9 Å². The largest absolute Gasteiger partial charge is 0.489 e. The highest BCUT2D eigenvalue weighted by Crippen LogP contribution is 2.30. The third-order valence-electron chi connectivity index (χ3n) is 6.22. The Kier molecular flexibility index (Phi) is 5.12. The van der Waals surface area contributed by atoms with Crippen LogP contribution in [0.2, 0.25) is 0 Å². The van der Waals surface area contributed by atoms with Crippen LogP contribution in [-0.4, -0.2) is 27.6 Å². The fourth-order valence-electron chi connectivity index (χ4n) is 4.57. The number of hydrogen-bond donors (Lipinski definition) is 0. The van der Waals surface area contributed by atoms with E-state index in [2.05, 4.69) is 35.7 Å². The lowest BCUT2D eigenvalue weighted by Crippen LogP contribution is -2.17. The fraction of sp³-hybridized carbons (Fsp3) is 0.269. The van der Waals surface area contributed by atoms with E-state index in [1.165, 1.54) is 28.6 Å². The number of hydrogen-bond acceptors (Lipinski definition) is 3. The monoisotopic (exact) mass is 413 g/mol. The van der Waals surface area contributed by atoms with Crippen LogP contribution in [-0.2, 0) is 26.6 Å². The van der Waals surface area contributed by atoms with Crippen molar-refractivity contribution >= 4 is 10.9 Å². The second-order valence-corrected chi connectivity index (χ2v) is 8.37. The average Bonchev–Trinajstić information content (AvgIpc) is 2.91. The summed E-state index contributed by atoms with van der Waals surface area (Å²) in [4.78, 5) is 15.2. The zero-order valence-corrected chi connectivity index (χ0v) is 18.0. The Morgan fingerprint density at radius 1 is 1.00 bits per heavy atom. The van der Waals surface area contributed by atoms with Crippen LogP contribution in [0.15, 0.2) is 71.7 Å². The van der Waals surface area contributed by atoms with Crippen LogP contribution in [0, 0.1) is 0 Å². The molecule has 0 unspecified atom stereocenters. The average molecular weight is 414 g/mol. The van der Waals surface area contributed by atoms with Crippen molar-refractivity contribution in [1.29, 1.82) is 0 Å². The van der Waals surface area contributed by atoms with Crippen molar-refractivity contribution in [3.8, 4) is 11.4 Å². The second kappa shape index (κ2) is 8.08. The number of nitrogens with zero attached hydrogens (tertiary/aromatic N) is 3. The number of aryl methyl sites for hydroxylation is 1. The van der Waals surface area contributed by atoms with Gasteiger partial charge in [-0.3, -0.25) is 9.36 Å². The summed E-state index contributed by atoms with van der Waals surface area (Å²) >= 11 is 0. The minimum atomic E-state index is -0.0968. The Morgan fingerprint density at radius 2 is 1.84 bits per heavy atom. The summed E-state index contributed by atoms with van der Waals surface area (Å²) < 4.78 is 9.79. The molecule has 0 saturated heterocycles. The van der Waals surface area contributed by atoms with Gasteiger partial charge < -0.3 is 14.2 Å². The molecule has 0 saturated carbocycles. The molecule has 2 aromatic carbocycles. The highest BCUT2D eigenvalue weighted by atomic mass is 16.5. The minimum Gasteiger partial charge on any atom is -0.489 e. The van der Waals surface area contributed by atoms with Gasteiger partial charge in [-0.05, 0) is 55.8 Å². The quantitative estimate of drug-likeness (QED) is 0.501. The molecular formula is C26H27N3O2. The molecule has 158 valence electrons. The Morgan fingerprint density at radius 3 is 2.65 bits per heavy atom. The maximum atomic E-state index is 12.8. The van der Waals surface area contributed by atoms with Gasteiger partial charge in [-0.1, -0.05) is 36.4 Å². The van der Waals surface area contributed by atoms with E-state index in [4.69, 9.17) is 4.74 Å². The molecule has 0 aliphatic carbocycles. The first-order valence-electron chi connectivity index (χ1n) is 10.8. The molecule has 0 atom stereocenters. The van der Waals surface area contributed by atoms with E-state index in [1.807, 2.05) is 42.5 Å². The van der Waals surface area contributed by atoms with Crippen molar-refractivity contribution in [2.75, 3.05) is 13.6 Å². The molecule has 3 heterocycles. The van der Waals surface area contributed by atoms with E-state index in [1.54, 1.807) is 16.8 Å². The molecule has 2 aromatic heterocycles. The number of fused-ring (bicyclic) bond motifs is 3. The van der Waals surface area contributed by atoms with E-state index in [0.29, 0.717) is 12.4 Å². The Labute approximate surface area is 182 Å². The van der Waals surface area contributed by atoms with E-state index in [-0.39, 0.29) is 5.56 Å². The lowest BCUT2D eigenvalue weighted by Gasteiger charge is -2.13. The summed E-state index contributed by atoms with van der Waals surface area (Å²) in [6.45, 7) is 2.54. The summed E-state index contributed by atoms with van der Waals surface area (Å²) in [6, 6.07) is 19.7. The third kappa shape index (κ3) is 3.77. The summed E-state index contributed by atoms with van der Waals surface area (Å²) in [5.41, 5.74) is 5.85. The third-order valence-corrected chi connectivity index (χ3v) is 6.22. The van der Waals surface area contributed by atoms with Crippen LogP contribution in [0.3, 0.4) is 0 Å². The van der Waals surface area contributed by atoms with Gasteiger partial charge in [0.25, 0.3) is 5.56 Å². The van der Waals surface area contributed by atoms with Crippen LogP contribution in [0.1, 0.15) is 23.2 Å². The van der Waals surface area contributed by atoms with Gasteiger partial charge >= 0.3 is 0 Å². The molecule has 0 amide bonds. The van der Waals surface area contributed by atoms with Crippen molar-refractivity contribution in [2.24, 2.45) is 7.05 Å². The fourth-order valence-corrected chi connectivity index (χ4v) is 4.57. The van der Waals surface area contributed by atoms with E-state index < -0.39 is 0 Å². The summed E-state index contributed by atoms with van der Waals surface area (Å²) in [6.07, 6.45) is 4.06. The number of benzene rings is 2. The minimum absolute atomic E-state index is 0.0968. The molecule has 0 bridgehead atoms. The summed E-state index contributed by atoms with van der Waals surface area (Å²) in [5, 5.41) is 1.28. The Balaban J connectivity index is 1.45. The van der Waals surface area contributed by atoms with Gasteiger partial charge in [0.2, 0.25) is 0 Å². The normalized spacial score (nSPS) is 14.4. The van der Waals surface area contributed by atoms with Gasteiger partial charge in [-0.15, -0.1) is 0 Å². The van der Waals surface area contributed by atoms with Crippen molar-refractivity contribution in [2.45, 2.75) is 26.0 Å². The standard InChI is InChI=1S/C26H27N3O2/c1-27-13-6-9-24-23(17-27)22-11-10-20(15-25(22)28(24)2)29-14-12-21(16-26(29)30)31-18-19-7-4-3-5-8-19/h3-5,7-8,10-12,14-16H,6,9,13,17-18H2,1-2H3. The van der Waals surface area contributed by atoms with Crippen LogP contribution >= 0.6 is 0 Å². The molecule has 0 spiro atoms. The maximum Gasteiger partial charge on any atom is 0.258 e. The number of pyridine rings is 1. The Bertz CT molecular complexity index is 1290. The molecule has 31 heavy (non-hydrogen) atoms. The lowest BCUT2D eigenvalue weighted by molar-refractivity contribution is 0.305. The topological polar surface area (TPSA) is 39.4 Å². The van der Waals surface area contributed by atoms with Crippen molar-refractivity contribution in [3.05, 3.63) is 94.0 Å². The molecule has 5 nitrogen and oxygen atoms in total. The van der Waals surface area contributed by atoms with E-state index in [0.717, 1.165) is 30.8 Å². The van der Waals surface area contributed by atoms with Crippen molar-refractivity contribution in [3.63, 3.8) is 0 Å². The van der Waals surface area contributed by atoms with Gasteiger partial charge in [0.05, 0.1) is 11.2 Å². The highest BCUT2D eigenvalue weighted by molar-refractivity contribution is 5.87. The number of rotatable bonds is 4. The van der Waals surface area contributed by atoms with Crippen molar-refractivity contribution < 1.29 is 4.74 Å². The first-order valence-corrected chi connectivity index (χ1v) is 10.8. The predicted molar refractivity (Wildman–Crippen MR) is 124 cm³/mol. The van der Waals surface area contributed by atoms with Gasteiger partial charge in [0.15, 0.2) is 0 Å². The van der Waals surface area contributed by atoms with Crippen LogP contribution in [0.25, 0.3) is 16.6 Å². The van der Waals surface area contributed by atoms with Crippen LogP contribution < -0.4 is 10.3 Å². The SMILES string of the molecule is CN1CCCc2c(c3ccc(-n4ccc(OCc5ccccc5)cc4=O)cc3n2C)C1. The molecule has 0 radical (unpaired) electrons. The maximum absolute atomic E-state index is 12.8. The van der Waals surface area contributed by atoms with Crippen LogP contribution in [0.4, 0.5) is 0 Å². The molecule has 5 heteroatoms. The van der Waals surface area contributed by atoms with Gasteiger partial charge in [-0.2, -0.15) is 0 Å². The summed E-state index contributed by atoms with van der Waals surface area (Å²) in [5.74, 6) is 0.583.